The van der Waals surface area contributed by atoms with Crippen molar-refractivity contribution in [2.24, 2.45) is 0 Å². The van der Waals surface area contributed by atoms with E-state index in [1.807, 2.05) is 25.1 Å². The average molecular weight is 402 g/mol. The molecule has 0 N–H and O–H groups in total. The van der Waals surface area contributed by atoms with Crippen LogP contribution in [0.4, 0.5) is 5.13 Å². The number of fused-ring (bicyclic) bond motifs is 1. The molecule has 0 aliphatic heterocycles. The summed E-state index contributed by atoms with van der Waals surface area (Å²) in [4.78, 5) is 22.2. The molecule has 1 amide bonds. The molecule has 7 nitrogen and oxygen atoms in total. The first-order valence-corrected chi connectivity index (χ1v) is 10.4. The van der Waals surface area contributed by atoms with Crippen LogP contribution in [0.25, 0.3) is 10.2 Å². The van der Waals surface area contributed by atoms with E-state index in [0.717, 1.165) is 35.6 Å². The quantitative estimate of drug-likeness (QED) is 0.549. The summed E-state index contributed by atoms with van der Waals surface area (Å²) in [6.45, 7) is 10.1. The lowest BCUT2D eigenvalue weighted by molar-refractivity contribution is 0.0973. The molecule has 0 fully saturated rings. The van der Waals surface area contributed by atoms with E-state index in [1.54, 1.807) is 29.0 Å². The van der Waals surface area contributed by atoms with Gasteiger partial charge in [0.1, 0.15) is 17.0 Å². The number of nitrogens with zero attached hydrogens (tertiary/aromatic N) is 5. The van der Waals surface area contributed by atoms with Gasteiger partial charge in [0.25, 0.3) is 5.91 Å². The Morgan fingerprint density at radius 3 is 2.64 bits per heavy atom. The number of methoxy groups -OCH3 is 1. The van der Waals surface area contributed by atoms with Crippen LogP contribution in [0, 0.1) is 0 Å². The Hall–Kier alpha value is -2.45. The van der Waals surface area contributed by atoms with Crippen molar-refractivity contribution in [3.63, 3.8) is 0 Å². The molecule has 0 bridgehead atoms. The smallest absolute Gasteiger partial charge is 0.278 e. The van der Waals surface area contributed by atoms with Crippen LogP contribution in [-0.4, -0.2) is 58.9 Å². The maximum absolute atomic E-state index is 13.4. The fourth-order valence-corrected chi connectivity index (χ4v) is 4.17. The highest BCUT2D eigenvalue weighted by atomic mass is 32.1. The molecule has 0 aliphatic carbocycles. The summed E-state index contributed by atoms with van der Waals surface area (Å²) < 4.78 is 8.16. The molecule has 150 valence electrons. The van der Waals surface area contributed by atoms with Crippen molar-refractivity contribution in [2.45, 2.75) is 27.3 Å². The van der Waals surface area contributed by atoms with Crippen LogP contribution in [0.2, 0.25) is 0 Å². The highest BCUT2D eigenvalue weighted by molar-refractivity contribution is 7.22. The van der Waals surface area contributed by atoms with Crippen molar-refractivity contribution in [1.29, 1.82) is 0 Å². The maximum Gasteiger partial charge on any atom is 0.278 e. The first-order valence-electron chi connectivity index (χ1n) is 9.62. The van der Waals surface area contributed by atoms with Gasteiger partial charge in [-0.15, -0.1) is 0 Å². The Kier molecular flexibility index (Phi) is 6.64. The van der Waals surface area contributed by atoms with Crippen LogP contribution >= 0.6 is 11.3 Å². The van der Waals surface area contributed by atoms with E-state index in [1.165, 1.54) is 11.3 Å². The van der Waals surface area contributed by atoms with Crippen molar-refractivity contribution >= 4 is 32.6 Å². The predicted molar refractivity (Wildman–Crippen MR) is 114 cm³/mol. The third-order valence-corrected chi connectivity index (χ3v) is 5.88. The molecule has 0 unspecified atom stereocenters. The van der Waals surface area contributed by atoms with Crippen LogP contribution in [0.15, 0.2) is 30.5 Å². The van der Waals surface area contributed by atoms with Gasteiger partial charge in [-0.2, -0.15) is 5.10 Å². The highest BCUT2D eigenvalue weighted by Gasteiger charge is 2.25. The molecule has 3 rings (SSSR count). The van der Waals surface area contributed by atoms with Gasteiger partial charge in [-0.05, 0) is 38.2 Å². The van der Waals surface area contributed by atoms with Crippen molar-refractivity contribution in [1.82, 2.24) is 19.7 Å². The number of hydrogen-bond acceptors (Lipinski definition) is 6. The van der Waals surface area contributed by atoms with Crippen LogP contribution in [0.5, 0.6) is 5.75 Å². The van der Waals surface area contributed by atoms with E-state index in [0.29, 0.717) is 23.9 Å². The van der Waals surface area contributed by atoms with E-state index in [9.17, 15) is 4.79 Å². The first kappa shape index (κ1) is 20.3. The van der Waals surface area contributed by atoms with E-state index < -0.39 is 0 Å². The van der Waals surface area contributed by atoms with Gasteiger partial charge in [0, 0.05) is 25.8 Å². The average Bonchev–Trinajstić information content (AvgIpc) is 3.37. The second-order valence-electron chi connectivity index (χ2n) is 6.32. The lowest BCUT2D eigenvalue weighted by atomic mass is 10.3. The second-order valence-corrected chi connectivity index (χ2v) is 7.33. The van der Waals surface area contributed by atoms with E-state index >= 15 is 0 Å². The molecule has 0 spiro atoms. The van der Waals surface area contributed by atoms with Crippen LogP contribution < -0.4 is 9.64 Å². The van der Waals surface area contributed by atoms with Crippen LogP contribution in [0.3, 0.4) is 0 Å². The number of aryl methyl sites for hydroxylation is 1. The van der Waals surface area contributed by atoms with Gasteiger partial charge < -0.3 is 9.64 Å². The molecule has 0 atom stereocenters. The number of thiazole rings is 1. The van der Waals surface area contributed by atoms with Crippen molar-refractivity contribution in [3.05, 3.63) is 36.2 Å². The van der Waals surface area contributed by atoms with Gasteiger partial charge in [-0.25, -0.2) is 4.98 Å². The van der Waals surface area contributed by atoms with Crippen molar-refractivity contribution in [3.8, 4) is 5.75 Å². The number of aromatic nitrogens is 3. The number of para-hydroxylation sites is 1. The number of rotatable bonds is 9. The molecule has 0 saturated heterocycles. The first-order chi connectivity index (χ1) is 13.6. The number of anilines is 1. The lowest BCUT2D eigenvalue weighted by Crippen LogP contribution is -2.39. The number of hydrogen-bond donors (Lipinski definition) is 0. The summed E-state index contributed by atoms with van der Waals surface area (Å²) in [5, 5.41) is 4.93. The third-order valence-electron chi connectivity index (χ3n) is 4.84. The van der Waals surface area contributed by atoms with Gasteiger partial charge in [0.15, 0.2) is 5.13 Å². The molecule has 1 aromatic carbocycles. The maximum atomic E-state index is 13.4. The summed E-state index contributed by atoms with van der Waals surface area (Å²) in [5.74, 6) is 0.638. The molecule has 0 radical (unpaired) electrons. The SMILES string of the molecule is CCN(CC)CCN(C(=O)c1ccnn1CC)c1nc2c(OC)cccc2s1. The van der Waals surface area contributed by atoms with Gasteiger partial charge in [0.2, 0.25) is 0 Å². The highest BCUT2D eigenvalue weighted by Crippen LogP contribution is 2.34. The Bertz CT molecular complexity index is 932. The molecule has 0 aliphatic rings. The Morgan fingerprint density at radius 2 is 1.96 bits per heavy atom. The zero-order valence-electron chi connectivity index (χ0n) is 16.9. The number of carbonyl (C=O) groups is 1. The molecule has 28 heavy (non-hydrogen) atoms. The molecule has 0 saturated carbocycles. The molecule has 2 aromatic heterocycles. The predicted octanol–water partition coefficient (Wildman–Crippen LogP) is 3.51. The van der Waals surface area contributed by atoms with Crippen LogP contribution in [-0.2, 0) is 6.54 Å². The van der Waals surface area contributed by atoms with Gasteiger partial charge >= 0.3 is 0 Å². The summed E-state index contributed by atoms with van der Waals surface area (Å²) >= 11 is 1.51. The van der Waals surface area contributed by atoms with E-state index in [-0.39, 0.29) is 5.91 Å². The fraction of sp³-hybridized carbons (Fsp3) is 0.450. The number of ether oxygens (including phenoxy) is 1. The molecule has 8 heteroatoms. The van der Waals surface area contributed by atoms with E-state index in [4.69, 9.17) is 9.72 Å². The lowest BCUT2D eigenvalue weighted by Gasteiger charge is -2.24. The summed E-state index contributed by atoms with van der Waals surface area (Å²) in [6, 6.07) is 7.60. The van der Waals surface area contributed by atoms with Crippen molar-refractivity contribution in [2.75, 3.05) is 38.2 Å². The Labute approximate surface area is 169 Å². The number of likely N-dealkylation sites (N-methyl/N-ethyl adjacent to an activating group) is 1. The Balaban J connectivity index is 1.99. The molecule has 2 heterocycles. The zero-order chi connectivity index (χ0) is 20.1. The third kappa shape index (κ3) is 4.02. The van der Waals surface area contributed by atoms with Crippen molar-refractivity contribution < 1.29 is 9.53 Å². The summed E-state index contributed by atoms with van der Waals surface area (Å²) in [7, 11) is 1.64. The van der Waals surface area contributed by atoms with Crippen LogP contribution in [0.1, 0.15) is 31.3 Å². The largest absolute Gasteiger partial charge is 0.494 e. The molecular weight excluding hydrogens is 374 g/mol. The number of amides is 1. The topological polar surface area (TPSA) is 63.5 Å². The minimum Gasteiger partial charge on any atom is -0.494 e. The van der Waals surface area contributed by atoms with Gasteiger partial charge in [-0.1, -0.05) is 31.3 Å². The normalized spacial score (nSPS) is 11.3. The minimum atomic E-state index is -0.0791. The Morgan fingerprint density at radius 1 is 1.18 bits per heavy atom. The minimum absolute atomic E-state index is 0.0791. The van der Waals surface area contributed by atoms with Gasteiger partial charge in [0.05, 0.1) is 11.8 Å². The zero-order valence-corrected chi connectivity index (χ0v) is 17.7. The van der Waals surface area contributed by atoms with E-state index in [2.05, 4.69) is 23.8 Å². The molecular formula is C20H27N5O2S. The standard InChI is InChI=1S/C20H27N5O2S/c1-5-23(6-2)13-14-24(19(26)15-11-12-21-25(15)7-3)20-22-18-16(27-4)9-8-10-17(18)28-20/h8-12H,5-7,13-14H2,1-4H3. The summed E-state index contributed by atoms with van der Waals surface area (Å²) in [5.41, 5.74) is 1.36. The van der Waals surface area contributed by atoms with Gasteiger partial charge in [-0.3, -0.25) is 14.4 Å². The fourth-order valence-electron chi connectivity index (χ4n) is 3.16. The monoisotopic (exact) mass is 401 g/mol. The summed E-state index contributed by atoms with van der Waals surface area (Å²) in [6.07, 6.45) is 1.67. The number of carbonyl (C=O) groups excluding carboxylic acids is 1. The second kappa shape index (κ2) is 9.16. The number of benzene rings is 1. The molecule has 3 aromatic rings.